The number of rotatable bonds is 13. The van der Waals surface area contributed by atoms with Gasteiger partial charge in [0.2, 0.25) is 0 Å². The van der Waals surface area contributed by atoms with Gasteiger partial charge in [-0.05, 0) is 19.8 Å². The predicted molar refractivity (Wildman–Crippen MR) is 104 cm³/mol. The van der Waals surface area contributed by atoms with Gasteiger partial charge in [0.15, 0.2) is 0 Å². The maximum Gasteiger partial charge on any atom is 0.104 e. The number of hydrogen-bond acceptors (Lipinski definition) is 0. The largest absolute Gasteiger partial charge is 0.323 e. The molecule has 0 fully saturated rings. The van der Waals surface area contributed by atoms with Gasteiger partial charge in [0, 0.05) is 5.56 Å². The van der Waals surface area contributed by atoms with E-state index in [-0.39, 0.29) is 0 Å². The molecule has 23 heavy (non-hydrogen) atoms. The van der Waals surface area contributed by atoms with Crippen LogP contribution in [0.1, 0.15) is 83.6 Å². The molecule has 0 saturated heterocycles. The van der Waals surface area contributed by atoms with Crippen molar-refractivity contribution in [2.24, 2.45) is 0 Å². The highest BCUT2D eigenvalue weighted by molar-refractivity contribution is 5.13. The number of benzene rings is 1. The molecule has 0 aliphatic carbocycles. The molecule has 0 radical (unpaired) electrons. The van der Waals surface area contributed by atoms with E-state index in [2.05, 4.69) is 58.3 Å². The van der Waals surface area contributed by atoms with Crippen LogP contribution in [-0.2, 0) is 6.54 Å². The third-order valence-electron chi connectivity index (χ3n) is 5.35. The third-order valence-corrected chi connectivity index (χ3v) is 5.35. The highest BCUT2D eigenvalue weighted by Gasteiger charge is 2.23. The third kappa shape index (κ3) is 9.15. The fraction of sp³-hybridized carbons (Fsp3) is 0.727. The van der Waals surface area contributed by atoms with Crippen LogP contribution in [0.3, 0.4) is 0 Å². The van der Waals surface area contributed by atoms with Crippen LogP contribution in [0, 0.1) is 0 Å². The first-order valence-electron chi connectivity index (χ1n) is 9.93. The zero-order valence-corrected chi connectivity index (χ0v) is 16.2. The highest BCUT2D eigenvalue weighted by atomic mass is 15.3. The summed E-state index contributed by atoms with van der Waals surface area (Å²) in [4.78, 5) is 0. The number of hydrogen-bond donors (Lipinski definition) is 0. The second-order valence-electron chi connectivity index (χ2n) is 7.89. The fourth-order valence-corrected chi connectivity index (χ4v) is 3.31. The van der Waals surface area contributed by atoms with Crippen molar-refractivity contribution < 1.29 is 4.48 Å². The van der Waals surface area contributed by atoms with Gasteiger partial charge >= 0.3 is 0 Å². The van der Waals surface area contributed by atoms with Gasteiger partial charge in [-0.2, -0.15) is 0 Å². The van der Waals surface area contributed by atoms with Crippen LogP contribution in [0.4, 0.5) is 0 Å². The molecule has 1 aromatic carbocycles. The van der Waals surface area contributed by atoms with Crippen molar-refractivity contribution in [1.29, 1.82) is 0 Å². The average Bonchev–Trinajstić information content (AvgIpc) is 2.53. The van der Waals surface area contributed by atoms with E-state index in [0.29, 0.717) is 0 Å². The molecule has 132 valence electrons. The Balaban J connectivity index is 2.11. The van der Waals surface area contributed by atoms with Gasteiger partial charge in [0.1, 0.15) is 6.54 Å². The molecule has 1 aromatic rings. The molecule has 0 N–H and O–H groups in total. The molecule has 0 amide bonds. The number of unbranched alkanes of at least 4 members (excludes halogenated alkanes) is 8. The molecule has 0 heterocycles. The maximum absolute atomic E-state index is 2.42. The minimum absolute atomic E-state index is 0.736. The van der Waals surface area contributed by atoms with Crippen molar-refractivity contribution in [3.05, 3.63) is 35.9 Å². The first-order chi connectivity index (χ1) is 11.1. The zero-order valence-electron chi connectivity index (χ0n) is 16.2. The second-order valence-corrected chi connectivity index (χ2v) is 7.89. The summed E-state index contributed by atoms with van der Waals surface area (Å²) in [5.74, 6) is 0. The first kappa shape index (κ1) is 20.2. The Morgan fingerprint density at radius 1 is 0.783 bits per heavy atom. The smallest absolute Gasteiger partial charge is 0.104 e. The first-order valence-corrected chi connectivity index (χ1v) is 9.93. The van der Waals surface area contributed by atoms with E-state index in [9.17, 15) is 0 Å². The number of nitrogens with zero attached hydrogens (tertiary/aromatic N) is 1. The molecule has 0 aliphatic heterocycles. The summed E-state index contributed by atoms with van der Waals surface area (Å²) in [5, 5.41) is 0. The Labute approximate surface area is 145 Å². The molecule has 0 unspecified atom stereocenters. The van der Waals surface area contributed by atoms with E-state index in [4.69, 9.17) is 0 Å². The van der Waals surface area contributed by atoms with Crippen LogP contribution in [0.25, 0.3) is 0 Å². The van der Waals surface area contributed by atoms with Gasteiger partial charge in [-0.1, -0.05) is 88.6 Å². The lowest BCUT2D eigenvalue weighted by atomic mass is 10.0. The lowest BCUT2D eigenvalue weighted by Gasteiger charge is -2.36. The molecule has 1 rings (SSSR count). The molecule has 0 spiro atoms. The van der Waals surface area contributed by atoms with Crippen LogP contribution in [-0.4, -0.2) is 24.6 Å². The van der Waals surface area contributed by atoms with Gasteiger partial charge in [-0.25, -0.2) is 0 Å². The van der Waals surface area contributed by atoms with Gasteiger partial charge < -0.3 is 4.48 Å². The van der Waals surface area contributed by atoms with Gasteiger partial charge in [0.25, 0.3) is 0 Å². The second kappa shape index (κ2) is 11.7. The predicted octanol–water partition coefficient (Wildman–Crippen LogP) is 6.57. The van der Waals surface area contributed by atoms with E-state index in [1.165, 1.54) is 69.8 Å². The summed E-state index contributed by atoms with van der Waals surface area (Å²) < 4.78 is 1.10. The van der Waals surface area contributed by atoms with Crippen LogP contribution in [0.15, 0.2) is 30.3 Å². The minimum Gasteiger partial charge on any atom is -0.323 e. The van der Waals surface area contributed by atoms with E-state index < -0.39 is 0 Å². The SMILES string of the molecule is CCCCCCCCCCC[C@H](C)[N+](C)(C)Cc1ccccc1. The van der Waals surface area contributed by atoms with Crippen LogP contribution in [0.5, 0.6) is 0 Å². The molecule has 1 heteroatoms. The maximum atomic E-state index is 2.42. The highest BCUT2D eigenvalue weighted by Crippen LogP contribution is 2.19. The molecule has 0 aromatic heterocycles. The molecule has 0 aliphatic rings. The standard InChI is InChI=1S/C22H40N/c1-5-6-7-8-9-10-11-12-14-17-21(2)23(3,4)20-22-18-15-13-16-19-22/h13,15-16,18-19,21H,5-12,14,17,20H2,1-4H3/q+1/t21-/m0/s1. The Morgan fingerprint density at radius 2 is 1.30 bits per heavy atom. The van der Waals surface area contributed by atoms with Crippen LogP contribution >= 0.6 is 0 Å². The molecular weight excluding hydrogens is 278 g/mol. The van der Waals surface area contributed by atoms with Crippen LogP contribution in [0.2, 0.25) is 0 Å². The van der Waals surface area contributed by atoms with Crippen molar-refractivity contribution in [2.75, 3.05) is 14.1 Å². The van der Waals surface area contributed by atoms with E-state index in [1.807, 2.05) is 0 Å². The Bertz CT molecular complexity index is 382. The van der Waals surface area contributed by atoms with E-state index in [1.54, 1.807) is 0 Å². The zero-order chi connectivity index (χ0) is 17.0. The monoisotopic (exact) mass is 318 g/mol. The van der Waals surface area contributed by atoms with Crippen molar-refractivity contribution in [2.45, 2.75) is 90.6 Å². The summed E-state index contributed by atoms with van der Waals surface area (Å²) >= 11 is 0. The summed E-state index contributed by atoms with van der Waals surface area (Å²) in [6.07, 6.45) is 14.2. The Morgan fingerprint density at radius 3 is 1.87 bits per heavy atom. The van der Waals surface area contributed by atoms with Crippen molar-refractivity contribution in [3.8, 4) is 0 Å². The molecule has 1 atom stereocenters. The molecule has 0 bridgehead atoms. The molecule has 0 saturated carbocycles. The van der Waals surface area contributed by atoms with E-state index >= 15 is 0 Å². The van der Waals surface area contributed by atoms with E-state index in [0.717, 1.165) is 17.1 Å². The van der Waals surface area contributed by atoms with Crippen molar-refractivity contribution in [3.63, 3.8) is 0 Å². The number of quaternary nitrogens is 1. The topological polar surface area (TPSA) is 0 Å². The molecule has 1 nitrogen and oxygen atoms in total. The van der Waals surface area contributed by atoms with Crippen LogP contribution < -0.4 is 0 Å². The Hall–Kier alpha value is -0.820. The normalized spacial score (nSPS) is 13.2. The van der Waals surface area contributed by atoms with Gasteiger partial charge in [-0.3, -0.25) is 0 Å². The Kier molecular flexibility index (Phi) is 10.3. The quantitative estimate of drug-likeness (QED) is 0.285. The minimum atomic E-state index is 0.736. The molecular formula is C22H40N+. The summed E-state index contributed by atoms with van der Waals surface area (Å²) in [7, 11) is 4.76. The summed E-state index contributed by atoms with van der Waals surface area (Å²) in [6.45, 7) is 5.85. The lowest BCUT2D eigenvalue weighted by Crippen LogP contribution is -2.46. The summed E-state index contributed by atoms with van der Waals surface area (Å²) in [6, 6.07) is 11.7. The van der Waals surface area contributed by atoms with Crippen molar-refractivity contribution >= 4 is 0 Å². The lowest BCUT2D eigenvalue weighted by molar-refractivity contribution is -0.926. The van der Waals surface area contributed by atoms with Crippen molar-refractivity contribution in [1.82, 2.24) is 0 Å². The fourth-order valence-electron chi connectivity index (χ4n) is 3.31. The summed E-state index contributed by atoms with van der Waals surface area (Å²) in [5.41, 5.74) is 1.46. The van der Waals surface area contributed by atoms with Gasteiger partial charge in [-0.15, -0.1) is 0 Å². The average molecular weight is 319 g/mol. The van der Waals surface area contributed by atoms with Gasteiger partial charge in [0.05, 0.1) is 20.1 Å².